The van der Waals surface area contributed by atoms with Gasteiger partial charge in [0, 0.05) is 20.3 Å². The zero-order chi connectivity index (χ0) is 14.3. The van der Waals surface area contributed by atoms with Crippen molar-refractivity contribution >= 4 is 46.6 Å². The summed E-state index contributed by atoms with van der Waals surface area (Å²) < 4.78 is 2.79. The lowest BCUT2D eigenvalue weighted by Crippen LogP contribution is -2.16. The van der Waals surface area contributed by atoms with Gasteiger partial charge >= 0.3 is 5.97 Å². The molecule has 0 rings (SSSR count). The van der Waals surface area contributed by atoms with Crippen molar-refractivity contribution in [2.75, 3.05) is 20.7 Å². The second-order valence-corrected chi connectivity index (χ2v) is 5.75. The summed E-state index contributed by atoms with van der Waals surface area (Å²) in [6, 6.07) is 0. The maximum atomic E-state index is 11.6. The quantitative estimate of drug-likeness (QED) is 0.338. The van der Waals surface area contributed by atoms with Crippen LogP contribution < -0.4 is 0 Å². The highest BCUT2D eigenvalue weighted by Gasteiger charge is 2.28. The van der Waals surface area contributed by atoms with Crippen molar-refractivity contribution in [2.24, 2.45) is 0 Å². The van der Waals surface area contributed by atoms with Crippen molar-refractivity contribution in [3.8, 4) is 0 Å². The number of hydrogen-bond donors (Lipinski definition) is 0. The third-order valence-electron chi connectivity index (χ3n) is 1.60. The van der Waals surface area contributed by atoms with Crippen molar-refractivity contribution in [2.45, 2.75) is 10.7 Å². The van der Waals surface area contributed by atoms with E-state index < -0.39 is 15.5 Å². The van der Waals surface area contributed by atoms with Crippen LogP contribution in [-0.2, 0) is 14.3 Å². The monoisotopic (exact) mass is 313 g/mol. The first-order valence-electron chi connectivity index (χ1n) is 5.03. The van der Waals surface area contributed by atoms with Gasteiger partial charge in [0.05, 0.1) is 12.2 Å². The lowest BCUT2D eigenvalue weighted by atomic mass is 10.2. The van der Waals surface area contributed by atoms with E-state index >= 15 is 0 Å². The Morgan fingerprint density at radius 2 is 1.78 bits per heavy atom. The number of hydrogen-bond acceptors (Lipinski definition) is 4. The van der Waals surface area contributed by atoms with Crippen LogP contribution in [0.15, 0.2) is 23.9 Å². The molecule has 0 aliphatic carbocycles. The molecule has 7 heteroatoms. The number of ether oxygens (including phenoxy) is 1. The van der Waals surface area contributed by atoms with Gasteiger partial charge in [-0.2, -0.15) is 0 Å². The molecule has 0 saturated heterocycles. The van der Waals surface area contributed by atoms with Gasteiger partial charge in [-0.15, -0.1) is 0 Å². The van der Waals surface area contributed by atoms with Gasteiger partial charge in [0.2, 0.25) is 5.78 Å². The molecule has 0 aromatic heterocycles. The minimum absolute atomic E-state index is 0.185. The van der Waals surface area contributed by atoms with E-state index in [4.69, 9.17) is 39.5 Å². The number of alkyl halides is 3. The van der Waals surface area contributed by atoms with Crippen LogP contribution in [0.25, 0.3) is 0 Å². The Kier molecular flexibility index (Phi) is 7.36. The number of esters is 1. The first-order valence-corrected chi connectivity index (χ1v) is 6.16. The predicted molar refractivity (Wildman–Crippen MR) is 72.8 cm³/mol. The maximum absolute atomic E-state index is 11.6. The number of ketones is 1. The third kappa shape index (κ3) is 6.89. The van der Waals surface area contributed by atoms with Crippen LogP contribution in [0.3, 0.4) is 0 Å². The highest BCUT2D eigenvalue weighted by Crippen LogP contribution is 2.27. The number of carbonyl (C=O) groups excluding carboxylic acids is 2. The van der Waals surface area contributed by atoms with Gasteiger partial charge in [-0.3, -0.25) is 4.79 Å². The second kappa shape index (κ2) is 7.67. The lowest BCUT2D eigenvalue weighted by Gasteiger charge is -2.09. The molecule has 0 heterocycles. The molecule has 4 nitrogen and oxygen atoms in total. The van der Waals surface area contributed by atoms with Crippen molar-refractivity contribution in [1.82, 2.24) is 4.90 Å². The summed E-state index contributed by atoms with van der Waals surface area (Å²) in [7, 11) is 3.45. The largest absolute Gasteiger partial charge is 0.462 e. The minimum atomic E-state index is -2.03. The second-order valence-electron chi connectivity index (χ2n) is 3.46. The molecular weight excluding hydrogens is 300 g/mol. The minimum Gasteiger partial charge on any atom is -0.462 e. The smallest absolute Gasteiger partial charge is 0.339 e. The molecule has 0 N–H and O–H groups in total. The Morgan fingerprint density at radius 3 is 2.17 bits per heavy atom. The van der Waals surface area contributed by atoms with Crippen LogP contribution in [0.2, 0.25) is 0 Å². The van der Waals surface area contributed by atoms with Gasteiger partial charge in [-0.1, -0.05) is 34.8 Å². The highest BCUT2D eigenvalue weighted by atomic mass is 35.6. The lowest BCUT2D eigenvalue weighted by molar-refractivity contribution is -0.138. The van der Waals surface area contributed by atoms with Crippen molar-refractivity contribution in [1.29, 1.82) is 0 Å². The van der Waals surface area contributed by atoms with E-state index in [0.717, 1.165) is 6.08 Å². The van der Waals surface area contributed by atoms with Crippen molar-refractivity contribution in [3.05, 3.63) is 23.9 Å². The topological polar surface area (TPSA) is 46.6 Å². The first-order chi connectivity index (χ1) is 8.18. The molecule has 0 bridgehead atoms. The molecule has 0 amide bonds. The van der Waals surface area contributed by atoms with Crippen molar-refractivity contribution < 1.29 is 14.3 Å². The fourth-order valence-electron chi connectivity index (χ4n) is 0.916. The molecule has 0 atom stereocenters. The predicted octanol–water partition coefficient (Wildman–Crippen LogP) is 2.49. The number of nitrogens with zero attached hydrogens (tertiary/aromatic N) is 1. The summed E-state index contributed by atoms with van der Waals surface area (Å²) in [4.78, 5) is 24.6. The summed E-state index contributed by atoms with van der Waals surface area (Å²) in [6.07, 6.45) is 3.78. The molecule has 0 aromatic carbocycles. The van der Waals surface area contributed by atoms with E-state index in [1.807, 2.05) is 0 Å². The van der Waals surface area contributed by atoms with Gasteiger partial charge in [0.25, 0.3) is 3.79 Å². The molecule has 18 heavy (non-hydrogen) atoms. The van der Waals surface area contributed by atoms with Crippen LogP contribution in [0.4, 0.5) is 0 Å². The highest BCUT2D eigenvalue weighted by molar-refractivity contribution is 6.77. The Morgan fingerprint density at radius 1 is 1.22 bits per heavy atom. The van der Waals surface area contributed by atoms with Gasteiger partial charge in [-0.25, -0.2) is 4.79 Å². The maximum Gasteiger partial charge on any atom is 0.339 e. The average molecular weight is 315 g/mol. The van der Waals surface area contributed by atoms with Gasteiger partial charge < -0.3 is 9.64 Å². The van der Waals surface area contributed by atoms with E-state index in [2.05, 4.69) is 0 Å². The molecule has 0 spiro atoms. The number of allylic oxidation sites excluding steroid dienone is 1. The van der Waals surface area contributed by atoms with Gasteiger partial charge in [-0.05, 0) is 19.1 Å². The van der Waals surface area contributed by atoms with Crippen LogP contribution in [-0.4, -0.2) is 41.1 Å². The molecule has 0 saturated carbocycles. The summed E-state index contributed by atoms with van der Waals surface area (Å²) in [5.74, 6) is -1.29. The Balaban J connectivity index is 4.98. The fraction of sp³-hybridized carbons (Fsp3) is 0.455. The molecule has 102 valence electrons. The zero-order valence-corrected chi connectivity index (χ0v) is 12.5. The van der Waals surface area contributed by atoms with E-state index in [9.17, 15) is 9.59 Å². The Labute approximate surface area is 121 Å². The number of rotatable bonds is 5. The van der Waals surface area contributed by atoms with Crippen molar-refractivity contribution in [3.63, 3.8) is 0 Å². The Bertz CT molecular complexity index is 370. The number of carbonyl (C=O) groups is 2. The van der Waals surface area contributed by atoms with Crippen LogP contribution >= 0.6 is 34.8 Å². The number of halogens is 3. The molecule has 0 unspecified atom stereocenters. The van der Waals surface area contributed by atoms with E-state index in [0.29, 0.717) is 0 Å². The summed E-state index contributed by atoms with van der Waals surface area (Å²) in [6.45, 7) is 1.91. The summed E-state index contributed by atoms with van der Waals surface area (Å²) in [5, 5.41) is 0. The molecular formula is C11H14Cl3NO3. The van der Waals surface area contributed by atoms with Crippen LogP contribution in [0.5, 0.6) is 0 Å². The zero-order valence-electron chi connectivity index (χ0n) is 10.2. The van der Waals surface area contributed by atoms with Gasteiger partial charge in [0.15, 0.2) is 0 Å². The molecule has 0 fully saturated rings. The van der Waals surface area contributed by atoms with E-state index in [1.165, 1.54) is 12.3 Å². The Hall–Kier alpha value is -0.710. The molecule has 0 aromatic rings. The summed E-state index contributed by atoms with van der Waals surface area (Å²) >= 11 is 16.2. The van der Waals surface area contributed by atoms with E-state index in [-0.39, 0.29) is 12.2 Å². The molecule has 0 aliphatic heterocycles. The summed E-state index contributed by atoms with van der Waals surface area (Å²) in [5.41, 5.74) is 0.185. The average Bonchev–Trinajstić information content (AvgIpc) is 2.22. The van der Waals surface area contributed by atoms with Crippen LogP contribution in [0, 0.1) is 0 Å². The SMILES string of the molecule is CCOC(=O)C(C=CC(=O)C(Cl)(Cl)Cl)=CN(C)C. The normalized spacial score (nSPS) is 12.7. The van der Waals surface area contributed by atoms with Gasteiger partial charge in [0.1, 0.15) is 0 Å². The third-order valence-corrected chi connectivity index (χ3v) is 2.16. The van der Waals surface area contributed by atoms with E-state index in [1.54, 1.807) is 25.9 Å². The molecule has 0 aliphatic rings. The molecule has 0 radical (unpaired) electrons. The van der Waals surface area contributed by atoms with Crippen LogP contribution in [0.1, 0.15) is 6.92 Å². The first kappa shape index (κ1) is 17.3. The fourth-order valence-corrected chi connectivity index (χ4v) is 1.11. The standard InChI is InChI=1S/C11H14Cl3NO3/c1-4-18-10(17)8(7-15(2)3)5-6-9(16)11(12,13)14/h5-7H,4H2,1-3H3.